The SMILES string of the molecule is Cl.NCc1ccc(-c2nc(C3CCCCC3)no2)cc1. The average molecular weight is 294 g/mol. The van der Waals surface area contributed by atoms with Crippen LogP contribution in [0.25, 0.3) is 11.5 Å². The van der Waals surface area contributed by atoms with Gasteiger partial charge in [-0.25, -0.2) is 0 Å². The number of benzene rings is 1. The third-order valence-electron chi connectivity index (χ3n) is 3.85. The Morgan fingerprint density at radius 3 is 2.45 bits per heavy atom. The van der Waals surface area contributed by atoms with Gasteiger partial charge in [-0.1, -0.05) is 36.6 Å². The van der Waals surface area contributed by atoms with Crippen molar-refractivity contribution < 1.29 is 4.52 Å². The second-order valence-corrected chi connectivity index (χ2v) is 5.19. The molecule has 1 heterocycles. The largest absolute Gasteiger partial charge is 0.334 e. The van der Waals surface area contributed by atoms with Crippen LogP contribution in [0.1, 0.15) is 49.4 Å². The third-order valence-corrected chi connectivity index (χ3v) is 3.85. The summed E-state index contributed by atoms with van der Waals surface area (Å²) in [6, 6.07) is 7.97. The summed E-state index contributed by atoms with van der Waals surface area (Å²) in [6.07, 6.45) is 6.26. The number of nitrogens with two attached hydrogens (primary N) is 1. The fraction of sp³-hybridized carbons (Fsp3) is 0.467. The molecular formula is C15H20ClN3O. The normalized spacial score (nSPS) is 15.8. The molecule has 2 aromatic rings. The lowest BCUT2D eigenvalue weighted by Gasteiger charge is -2.17. The lowest BCUT2D eigenvalue weighted by molar-refractivity contribution is 0.385. The molecule has 1 aliphatic rings. The van der Waals surface area contributed by atoms with E-state index in [9.17, 15) is 0 Å². The minimum absolute atomic E-state index is 0. The van der Waals surface area contributed by atoms with Gasteiger partial charge in [0.15, 0.2) is 5.82 Å². The molecule has 20 heavy (non-hydrogen) atoms. The van der Waals surface area contributed by atoms with Crippen molar-refractivity contribution in [1.29, 1.82) is 0 Å². The molecule has 0 bridgehead atoms. The zero-order valence-electron chi connectivity index (χ0n) is 11.4. The predicted octanol–water partition coefficient (Wildman–Crippen LogP) is 3.66. The standard InChI is InChI=1S/C15H19N3O.ClH/c16-10-11-6-8-13(9-7-11)15-17-14(18-19-15)12-4-2-1-3-5-12;/h6-9,12H,1-5,10,16H2;1H. The molecule has 0 amide bonds. The van der Waals surface area contributed by atoms with Crippen LogP contribution in [-0.2, 0) is 6.54 Å². The molecule has 1 fully saturated rings. The Morgan fingerprint density at radius 1 is 1.10 bits per heavy atom. The molecular weight excluding hydrogens is 274 g/mol. The highest BCUT2D eigenvalue weighted by molar-refractivity contribution is 5.85. The van der Waals surface area contributed by atoms with E-state index in [4.69, 9.17) is 10.3 Å². The highest BCUT2D eigenvalue weighted by atomic mass is 35.5. The van der Waals surface area contributed by atoms with Crippen molar-refractivity contribution in [3.63, 3.8) is 0 Å². The maximum atomic E-state index is 5.59. The molecule has 1 aliphatic carbocycles. The van der Waals surface area contributed by atoms with Crippen molar-refractivity contribution in [2.75, 3.05) is 0 Å². The molecule has 0 unspecified atom stereocenters. The van der Waals surface area contributed by atoms with E-state index in [1.54, 1.807) is 0 Å². The average Bonchev–Trinajstić information content (AvgIpc) is 2.98. The molecule has 0 spiro atoms. The summed E-state index contributed by atoms with van der Waals surface area (Å²) in [5.41, 5.74) is 7.66. The molecule has 1 aromatic heterocycles. The monoisotopic (exact) mass is 293 g/mol. The van der Waals surface area contributed by atoms with Gasteiger partial charge in [0.25, 0.3) is 5.89 Å². The number of rotatable bonds is 3. The van der Waals surface area contributed by atoms with Crippen molar-refractivity contribution in [3.8, 4) is 11.5 Å². The van der Waals surface area contributed by atoms with E-state index in [0.29, 0.717) is 18.4 Å². The Morgan fingerprint density at radius 2 is 1.80 bits per heavy atom. The van der Waals surface area contributed by atoms with Crippen LogP contribution in [0.2, 0.25) is 0 Å². The van der Waals surface area contributed by atoms with Crippen molar-refractivity contribution in [3.05, 3.63) is 35.7 Å². The van der Waals surface area contributed by atoms with E-state index in [1.807, 2.05) is 24.3 Å². The first-order valence-electron chi connectivity index (χ1n) is 7.00. The number of hydrogen-bond acceptors (Lipinski definition) is 4. The highest BCUT2D eigenvalue weighted by Gasteiger charge is 2.21. The van der Waals surface area contributed by atoms with Gasteiger partial charge in [-0.05, 0) is 30.5 Å². The summed E-state index contributed by atoms with van der Waals surface area (Å²) in [5.74, 6) is 1.97. The third kappa shape index (κ3) is 3.19. The van der Waals surface area contributed by atoms with Crippen LogP contribution in [0.4, 0.5) is 0 Å². The van der Waals surface area contributed by atoms with Crippen molar-refractivity contribution in [2.45, 2.75) is 44.6 Å². The molecule has 0 saturated heterocycles. The molecule has 0 aliphatic heterocycles. The zero-order valence-corrected chi connectivity index (χ0v) is 12.2. The van der Waals surface area contributed by atoms with Crippen LogP contribution < -0.4 is 5.73 Å². The summed E-state index contributed by atoms with van der Waals surface area (Å²) in [4.78, 5) is 4.55. The Balaban J connectivity index is 0.00000147. The zero-order chi connectivity index (χ0) is 13.1. The summed E-state index contributed by atoms with van der Waals surface area (Å²) >= 11 is 0. The van der Waals surface area contributed by atoms with E-state index in [2.05, 4.69) is 10.1 Å². The summed E-state index contributed by atoms with van der Waals surface area (Å²) < 4.78 is 5.39. The molecule has 3 rings (SSSR count). The lowest BCUT2D eigenvalue weighted by atomic mass is 9.89. The molecule has 5 heteroatoms. The molecule has 0 atom stereocenters. The van der Waals surface area contributed by atoms with Crippen molar-refractivity contribution in [2.24, 2.45) is 5.73 Å². The van der Waals surface area contributed by atoms with Crippen LogP contribution in [0.3, 0.4) is 0 Å². The number of nitrogens with zero attached hydrogens (tertiary/aromatic N) is 2. The summed E-state index contributed by atoms with van der Waals surface area (Å²) in [6.45, 7) is 0.553. The maximum Gasteiger partial charge on any atom is 0.257 e. The summed E-state index contributed by atoms with van der Waals surface area (Å²) in [7, 11) is 0. The first-order valence-corrected chi connectivity index (χ1v) is 7.00. The van der Waals surface area contributed by atoms with Gasteiger partial charge in [-0.2, -0.15) is 4.98 Å². The molecule has 0 radical (unpaired) electrons. The summed E-state index contributed by atoms with van der Waals surface area (Å²) in [5, 5.41) is 4.15. The second kappa shape index (κ2) is 6.86. The Kier molecular flexibility index (Phi) is 5.15. The van der Waals surface area contributed by atoms with Crippen LogP contribution in [0, 0.1) is 0 Å². The predicted molar refractivity (Wildman–Crippen MR) is 80.7 cm³/mol. The van der Waals surface area contributed by atoms with Gasteiger partial charge >= 0.3 is 0 Å². The minimum atomic E-state index is 0. The van der Waals surface area contributed by atoms with Crippen molar-refractivity contribution >= 4 is 12.4 Å². The fourth-order valence-electron chi connectivity index (χ4n) is 2.66. The molecule has 1 saturated carbocycles. The van der Waals surface area contributed by atoms with E-state index in [0.717, 1.165) is 17.0 Å². The van der Waals surface area contributed by atoms with Gasteiger partial charge in [-0.15, -0.1) is 12.4 Å². The van der Waals surface area contributed by atoms with Crippen molar-refractivity contribution in [1.82, 2.24) is 10.1 Å². The smallest absolute Gasteiger partial charge is 0.257 e. The van der Waals surface area contributed by atoms with Crippen LogP contribution in [0.15, 0.2) is 28.8 Å². The number of hydrogen-bond donors (Lipinski definition) is 1. The highest BCUT2D eigenvalue weighted by Crippen LogP contribution is 2.31. The van der Waals surface area contributed by atoms with E-state index in [1.165, 1.54) is 32.1 Å². The van der Waals surface area contributed by atoms with Gasteiger partial charge in [-0.3, -0.25) is 0 Å². The molecule has 108 valence electrons. The van der Waals surface area contributed by atoms with Gasteiger partial charge in [0, 0.05) is 18.0 Å². The van der Waals surface area contributed by atoms with E-state index >= 15 is 0 Å². The Hall–Kier alpha value is -1.39. The first kappa shape index (κ1) is 15.0. The second-order valence-electron chi connectivity index (χ2n) is 5.19. The Bertz CT molecular complexity index is 532. The minimum Gasteiger partial charge on any atom is -0.334 e. The lowest BCUT2D eigenvalue weighted by Crippen LogP contribution is -2.06. The van der Waals surface area contributed by atoms with E-state index < -0.39 is 0 Å². The fourth-order valence-corrected chi connectivity index (χ4v) is 2.66. The van der Waals surface area contributed by atoms with Gasteiger partial charge in [0.05, 0.1) is 0 Å². The Labute approximate surface area is 125 Å². The first-order chi connectivity index (χ1) is 9.36. The molecule has 2 N–H and O–H groups in total. The maximum absolute atomic E-state index is 5.59. The van der Waals surface area contributed by atoms with Gasteiger partial charge < -0.3 is 10.3 Å². The number of aromatic nitrogens is 2. The van der Waals surface area contributed by atoms with Crippen LogP contribution in [-0.4, -0.2) is 10.1 Å². The molecule has 4 nitrogen and oxygen atoms in total. The van der Waals surface area contributed by atoms with Crippen LogP contribution in [0.5, 0.6) is 0 Å². The van der Waals surface area contributed by atoms with Gasteiger partial charge in [0.1, 0.15) is 0 Å². The van der Waals surface area contributed by atoms with E-state index in [-0.39, 0.29) is 12.4 Å². The van der Waals surface area contributed by atoms with Crippen LogP contribution >= 0.6 is 12.4 Å². The topological polar surface area (TPSA) is 64.9 Å². The van der Waals surface area contributed by atoms with Gasteiger partial charge in [0.2, 0.25) is 0 Å². The number of halogens is 1. The molecule has 1 aromatic carbocycles. The quantitative estimate of drug-likeness (QED) is 0.938.